The fourth-order valence-corrected chi connectivity index (χ4v) is 1.44. The smallest absolute Gasteiger partial charge is 1.00 e. The van der Waals surface area contributed by atoms with Crippen LogP contribution in [0.15, 0.2) is 48.5 Å². The number of rotatable bonds is 2. The van der Waals surface area contributed by atoms with Gasteiger partial charge in [-0.05, 0) is 11.6 Å². The summed E-state index contributed by atoms with van der Waals surface area (Å²) in [5.41, 5.74) is 2.23. The first-order valence-corrected chi connectivity index (χ1v) is 4.51. The number of halogens is 1. The largest absolute Gasteiger partial charge is 2.00 e. The summed E-state index contributed by atoms with van der Waals surface area (Å²) in [5.74, 6) is 0.895. The summed E-state index contributed by atoms with van der Waals surface area (Å²) in [5, 5.41) is 0. The third-order valence-corrected chi connectivity index (χ3v) is 2.13. The van der Waals surface area contributed by atoms with Crippen molar-refractivity contribution in [3.63, 3.8) is 0 Å². The third-order valence-electron chi connectivity index (χ3n) is 2.13. The van der Waals surface area contributed by atoms with Gasteiger partial charge in [0.15, 0.2) is 0 Å². The Hall–Kier alpha value is -0.514. The van der Waals surface area contributed by atoms with E-state index in [1.165, 1.54) is 0 Å². The van der Waals surface area contributed by atoms with Crippen LogP contribution < -0.4 is 21.7 Å². The zero-order chi connectivity index (χ0) is 9.80. The number of para-hydroxylation sites is 1. The molecule has 0 atom stereocenters. The van der Waals surface area contributed by atoms with Gasteiger partial charge >= 0.3 is 23.1 Å². The quantitative estimate of drug-likeness (QED) is 0.548. The molecule has 0 amide bonds. The molecule has 3 heteroatoms. The fourth-order valence-electron chi connectivity index (χ4n) is 1.44. The number of methoxy groups -OCH3 is 1. The first-order chi connectivity index (χ1) is 6.92. The van der Waals surface area contributed by atoms with Crippen molar-refractivity contribution < 1.29 is 21.7 Å². The number of benzene rings is 2. The molecule has 1 nitrogen and oxygen atoms in total. The van der Waals surface area contributed by atoms with Crippen molar-refractivity contribution in [2.24, 2.45) is 0 Å². The maximum atomic E-state index is 5.29. The molecule has 0 aromatic heterocycles. The van der Waals surface area contributed by atoms with E-state index in [4.69, 9.17) is 4.74 Å². The van der Waals surface area contributed by atoms with Crippen molar-refractivity contribution in [3.05, 3.63) is 54.6 Å². The summed E-state index contributed by atoms with van der Waals surface area (Å²) in [4.78, 5) is 0. The molecule has 0 bridgehead atoms. The van der Waals surface area contributed by atoms with Crippen molar-refractivity contribution in [2.75, 3.05) is 7.11 Å². The monoisotopic (exact) mass is 286 g/mol. The van der Waals surface area contributed by atoms with Crippen molar-refractivity contribution in [1.82, 2.24) is 0 Å². The van der Waals surface area contributed by atoms with Crippen LogP contribution in [0, 0.1) is 6.07 Å². The number of ether oxygens (including phenoxy) is 1. The standard InChI is InChI=1S/C13H11O.BrH.Mg/c1-14-13-10-6-5-9-12(13)11-7-3-2-4-8-11;;/h2-3,5-10H,1H3;1H;/q-1;;+2/p-1. The van der Waals surface area contributed by atoms with Gasteiger partial charge in [-0.1, -0.05) is 18.2 Å². The van der Waals surface area contributed by atoms with Crippen molar-refractivity contribution in [1.29, 1.82) is 0 Å². The second-order valence-electron chi connectivity index (χ2n) is 2.99. The van der Waals surface area contributed by atoms with Gasteiger partial charge in [0.2, 0.25) is 0 Å². The van der Waals surface area contributed by atoms with Crippen LogP contribution in [0.4, 0.5) is 0 Å². The van der Waals surface area contributed by atoms with E-state index in [-0.39, 0.29) is 40.0 Å². The van der Waals surface area contributed by atoms with E-state index in [2.05, 4.69) is 6.07 Å². The minimum absolute atomic E-state index is 0. The van der Waals surface area contributed by atoms with Gasteiger partial charge in [0.05, 0.1) is 7.11 Å². The van der Waals surface area contributed by atoms with Crippen LogP contribution in [-0.4, -0.2) is 30.2 Å². The molecule has 16 heavy (non-hydrogen) atoms. The van der Waals surface area contributed by atoms with Gasteiger partial charge in [-0.25, -0.2) is 0 Å². The molecule has 0 unspecified atom stereocenters. The average Bonchev–Trinajstić information content (AvgIpc) is 2.30. The Kier molecular flexibility index (Phi) is 7.46. The molecule has 2 aromatic rings. The molecule has 0 saturated heterocycles. The van der Waals surface area contributed by atoms with Gasteiger partial charge < -0.3 is 21.7 Å². The molecular weight excluding hydrogens is 276 g/mol. The average molecular weight is 287 g/mol. The molecule has 78 valence electrons. The van der Waals surface area contributed by atoms with Crippen LogP contribution in [0.3, 0.4) is 0 Å². The van der Waals surface area contributed by atoms with E-state index in [9.17, 15) is 0 Å². The number of hydrogen-bond acceptors (Lipinski definition) is 1. The molecule has 0 aliphatic carbocycles. The van der Waals surface area contributed by atoms with Gasteiger partial charge in [-0.15, -0.1) is 5.56 Å². The van der Waals surface area contributed by atoms with Crippen LogP contribution in [0.5, 0.6) is 5.75 Å². The maximum absolute atomic E-state index is 5.29. The SMILES string of the molecule is COc1ccccc1-c1c[c-]ccc1.[Br-].[Mg+2]. The van der Waals surface area contributed by atoms with E-state index in [1.807, 2.05) is 48.5 Å². The molecule has 0 fully saturated rings. The Bertz CT molecular complexity index is 417. The summed E-state index contributed by atoms with van der Waals surface area (Å²) < 4.78 is 5.29. The molecule has 0 saturated carbocycles. The minimum atomic E-state index is 0. The van der Waals surface area contributed by atoms with Crippen molar-refractivity contribution >= 4 is 23.1 Å². The molecule has 0 radical (unpaired) electrons. The molecular formula is C13H11BrMgO. The van der Waals surface area contributed by atoms with Gasteiger partial charge in [-0.3, -0.25) is 0 Å². The summed E-state index contributed by atoms with van der Waals surface area (Å²) in [6, 6.07) is 18.9. The third kappa shape index (κ3) is 3.51. The summed E-state index contributed by atoms with van der Waals surface area (Å²) in [7, 11) is 1.69. The van der Waals surface area contributed by atoms with Crippen molar-refractivity contribution in [3.8, 4) is 16.9 Å². The van der Waals surface area contributed by atoms with Crippen LogP contribution in [0.25, 0.3) is 11.1 Å². The Morgan fingerprint density at radius 1 is 1.06 bits per heavy atom. The second-order valence-corrected chi connectivity index (χ2v) is 2.99. The normalized spacial score (nSPS) is 8.56. The van der Waals surface area contributed by atoms with Crippen LogP contribution in [0.1, 0.15) is 0 Å². The van der Waals surface area contributed by atoms with Gasteiger partial charge in [0, 0.05) is 0 Å². The molecule has 2 aromatic carbocycles. The fraction of sp³-hybridized carbons (Fsp3) is 0.0769. The van der Waals surface area contributed by atoms with Gasteiger partial charge in [0.1, 0.15) is 5.75 Å². The van der Waals surface area contributed by atoms with Gasteiger partial charge in [-0.2, -0.15) is 30.3 Å². The van der Waals surface area contributed by atoms with E-state index in [0.717, 1.165) is 16.9 Å². The van der Waals surface area contributed by atoms with Gasteiger partial charge in [0.25, 0.3) is 0 Å². The second kappa shape index (κ2) is 7.71. The molecule has 0 aliphatic heterocycles. The van der Waals surface area contributed by atoms with Crippen LogP contribution in [-0.2, 0) is 0 Å². The predicted octanol–water partition coefficient (Wildman–Crippen LogP) is -0.214. The topological polar surface area (TPSA) is 9.23 Å². The Morgan fingerprint density at radius 3 is 2.44 bits per heavy atom. The molecule has 0 aliphatic rings. The molecule has 0 spiro atoms. The molecule has 0 heterocycles. The molecule has 0 N–H and O–H groups in total. The maximum Gasteiger partial charge on any atom is 2.00 e. The predicted molar refractivity (Wildman–Crippen MR) is 63.0 cm³/mol. The summed E-state index contributed by atoms with van der Waals surface area (Å²) >= 11 is 0. The first-order valence-electron chi connectivity index (χ1n) is 4.51. The Balaban J connectivity index is 0.00000112. The summed E-state index contributed by atoms with van der Waals surface area (Å²) in [6.45, 7) is 0. The van der Waals surface area contributed by atoms with E-state index in [1.54, 1.807) is 7.11 Å². The van der Waals surface area contributed by atoms with E-state index >= 15 is 0 Å². The minimum Gasteiger partial charge on any atom is -1.00 e. The summed E-state index contributed by atoms with van der Waals surface area (Å²) in [6.07, 6.45) is 0. The van der Waals surface area contributed by atoms with Crippen LogP contribution >= 0.6 is 0 Å². The van der Waals surface area contributed by atoms with Crippen molar-refractivity contribution in [2.45, 2.75) is 0 Å². The van der Waals surface area contributed by atoms with E-state index in [0.29, 0.717) is 0 Å². The molecule has 2 rings (SSSR count). The number of hydrogen-bond donors (Lipinski definition) is 0. The van der Waals surface area contributed by atoms with Crippen LogP contribution in [0.2, 0.25) is 0 Å². The van der Waals surface area contributed by atoms with E-state index < -0.39 is 0 Å². The first kappa shape index (κ1) is 15.5. The zero-order valence-corrected chi connectivity index (χ0v) is 12.1. The Morgan fingerprint density at radius 2 is 1.81 bits per heavy atom. The zero-order valence-electron chi connectivity index (χ0n) is 9.11. The Labute approximate surface area is 123 Å².